The van der Waals surface area contributed by atoms with Crippen molar-refractivity contribution in [2.75, 3.05) is 5.32 Å². The highest BCUT2D eigenvalue weighted by molar-refractivity contribution is 5.88. The second-order valence-electron chi connectivity index (χ2n) is 4.78. The minimum atomic E-state index is -1.08. The van der Waals surface area contributed by atoms with Gasteiger partial charge in [0, 0.05) is 12.1 Å². The van der Waals surface area contributed by atoms with Gasteiger partial charge >= 0.3 is 5.97 Å². The van der Waals surface area contributed by atoms with Crippen molar-refractivity contribution in [3.05, 3.63) is 28.0 Å². The van der Waals surface area contributed by atoms with E-state index in [1.54, 1.807) is 0 Å². The standard InChI is InChI=1S/C13H18N2O3/c16-12-8-9(13(17)18)7-11(15-12)14-10-5-3-1-2-4-6-10/h7-8,10H,1-6H2,(H,17,18)(H2,14,15,16). The fraction of sp³-hybridized carbons (Fsp3) is 0.538. The Balaban J connectivity index is 2.12. The van der Waals surface area contributed by atoms with Crippen molar-refractivity contribution in [3.63, 3.8) is 0 Å². The van der Waals surface area contributed by atoms with Crippen LogP contribution in [0.3, 0.4) is 0 Å². The fourth-order valence-electron chi connectivity index (χ4n) is 2.39. The van der Waals surface area contributed by atoms with Gasteiger partial charge in [-0.2, -0.15) is 0 Å². The summed E-state index contributed by atoms with van der Waals surface area (Å²) in [6, 6.07) is 2.90. The molecule has 1 aliphatic carbocycles. The van der Waals surface area contributed by atoms with Gasteiger partial charge in [-0.25, -0.2) is 4.79 Å². The molecule has 2 rings (SSSR count). The molecule has 5 nitrogen and oxygen atoms in total. The molecule has 0 spiro atoms. The van der Waals surface area contributed by atoms with Crippen molar-refractivity contribution in [2.24, 2.45) is 0 Å². The predicted molar refractivity (Wildman–Crippen MR) is 69.1 cm³/mol. The van der Waals surface area contributed by atoms with Gasteiger partial charge in [-0.3, -0.25) is 4.79 Å². The first-order chi connectivity index (χ1) is 8.65. The van der Waals surface area contributed by atoms with E-state index in [1.165, 1.54) is 31.7 Å². The Kier molecular flexibility index (Phi) is 4.02. The molecule has 1 heterocycles. The highest BCUT2D eigenvalue weighted by atomic mass is 16.4. The molecular weight excluding hydrogens is 232 g/mol. The summed E-state index contributed by atoms with van der Waals surface area (Å²) in [5, 5.41) is 12.1. The maximum absolute atomic E-state index is 11.4. The lowest BCUT2D eigenvalue weighted by Crippen LogP contribution is -2.22. The van der Waals surface area contributed by atoms with Gasteiger partial charge in [0.1, 0.15) is 5.82 Å². The van der Waals surface area contributed by atoms with E-state index in [2.05, 4.69) is 10.3 Å². The number of hydrogen-bond acceptors (Lipinski definition) is 3. The number of rotatable bonds is 3. The molecule has 1 aromatic rings. The van der Waals surface area contributed by atoms with Gasteiger partial charge in [-0.15, -0.1) is 0 Å². The van der Waals surface area contributed by atoms with Crippen LogP contribution in [0, 0.1) is 0 Å². The molecule has 1 aliphatic rings. The summed E-state index contributed by atoms with van der Waals surface area (Å²) < 4.78 is 0. The van der Waals surface area contributed by atoms with Gasteiger partial charge in [0.25, 0.3) is 0 Å². The smallest absolute Gasteiger partial charge is 0.336 e. The molecule has 0 atom stereocenters. The van der Waals surface area contributed by atoms with E-state index in [9.17, 15) is 9.59 Å². The summed E-state index contributed by atoms with van der Waals surface area (Å²) in [6.07, 6.45) is 7.01. The first-order valence-electron chi connectivity index (χ1n) is 6.39. The van der Waals surface area contributed by atoms with Crippen molar-refractivity contribution >= 4 is 11.8 Å². The largest absolute Gasteiger partial charge is 0.478 e. The second kappa shape index (κ2) is 5.71. The topological polar surface area (TPSA) is 82.2 Å². The Morgan fingerprint density at radius 2 is 1.89 bits per heavy atom. The normalized spacial score (nSPS) is 17.1. The van der Waals surface area contributed by atoms with Gasteiger partial charge in [-0.05, 0) is 18.9 Å². The summed E-state index contributed by atoms with van der Waals surface area (Å²) in [5.74, 6) is -0.572. The number of aromatic carboxylic acids is 1. The van der Waals surface area contributed by atoms with Crippen LogP contribution in [0.5, 0.6) is 0 Å². The first kappa shape index (κ1) is 12.7. The Morgan fingerprint density at radius 3 is 2.50 bits per heavy atom. The number of anilines is 1. The zero-order chi connectivity index (χ0) is 13.0. The van der Waals surface area contributed by atoms with Gasteiger partial charge in [0.05, 0.1) is 5.56 Å². The molecule has 0 radical (unpaired) electrons. The van der Waals surface area contributed by atoms with Crippen LogP contribution in [0.25, 0.3) is 0 Å². The maximum atomic E-state index is 11.4. The molecule has 0 aliphatic heterocycles. The molecule has 5 heteroatoms. The number of aromatic nitrogens is 1. The number of pyridine rings is 1. The van der Waals surface area contributed by atoms with Crippen LogP contribution < -0.4 is 10.9 Å². The summed E-state index contributed by atoms with van der Waals surface area (Å²) in [7, 11) is 0. The molecule has 0 aromatic carbocycles. The lowest BCUT2D eigenvalue weighted by molar-refractivity contribution is 0.0696. The van der Waals surface area contributed by atoms with Crippen LogP contribution in [0.15, 0.2) is 16.9 Å². The van der Waals surface area contributed by atoms with Gasteiger partial charge in [0.15, 0.2) is 0 Å². The summed E-state index contributed by atoms with van der Waals surface area (Å²) >= 11 is 0. The molecular formula is C13H18N2O3. The van der Waals surface area contributed by atoms with Gasteiger partial charge in [-0.1, -0.05) is 25.7 Å². The zero-order valence-corrected chi connectivity index (χ0v) is 10.2. The Hall–Kier alpha value is -1.78. The lowest BCUT2D eigenvalue weighted by Gasteiger charge is -2.17. The predicted octanol–water partition coefficient (Wildman–Crippen LogP) is 2.21. The van der Waals surface area contributed by atoms with Crippen molar-refractivity contribution in [3.8, 4) is 0 Å². The van der Waals surface area contributed by atoms with Crippen LogP contribution in [0.1, 0.15) is 48.9 Å². The minimum Gasteiger partial charge on any atom is -0.478 e. The Labute approximate surface area is 105 Å². The third-order valence-electron chi connectivity index (χ3n) is 3.31. The summed E-state index contributed by atoms with van der Waals surface area (Å²) in [6.45, 7) is 0. The Bertz CT molecular complexity index is 473. The number of hydrogen-bond donors (Lipinski definition) is 3. The van der Waals surface area contributed by atoms with E-state index in [1.807, 2.05) is 0 Å². The SMILES string of the molecule is O=C(O)c1cc(NC2CCCCCC2)[nH]c(=O)c1. The maximum Gasteiger partial charge on any atom is 0.336 e. The second-order valence-corrected chi connectivity index (χ2v) is 4.78. The van der Waals surface area contributed by atoms with Crippen LogP contribution in [-0.4, -0.2) is 22.1 Å². The number of H-pyrrole nitrogens is 1. The third-order valence-corrected chi connectivity index (χ3v) is 3.31. The van der Waals surface area contributed by atoms with Crippen molar-refractivity contribution in [2.45, 2.75) is 44.6 Å². The highest BCUT2D eigenvalue weighted by Crippen LogP contribution is 2.20. The van der Waals surface area contributed by atoms with Crippen molar-refractivity contribution < 1.29 is 9.90 Å². The third kappa shape index (κ3) is 3.35. The molecule has 98 valence electrons. The van der Waals surface area contributed by atoms with E-state index in [4.69, 9.17) is 5.11 Å². The quantitative estimate of drug-likeness (QED) is 0.718. The molecule has 0 bridgehead atoms. The van der Waals surface area contributed by atoms with Crippen LogP contribution in [0.4, 0.5) is 5.82 Å². The monoisotopic (exact) mass is 250 g/mol. The van der Waals surface area contributed by atoms with E-state index >= 15 is 0 Å². The van der Waals surface area contributed by atoms with E-state index in [0.29, 0.717) is 11.9 Å². The minimum absolute atomic E-state index is 0.0230. The van der Waals surface area contributed by atoms with Gasteiger partial charge < -0.3 is 15.4 Å². The van der Waals surface area contributed by atoms with Gasteiger partial charge in [0.2, 0.25) is 5.56 Å². The molecule has 0 saturated heterocycles. The molecule has 3 N–H and O–H groups in total. The number of carboxylic acids is 1. The number of aromatic amines is 1. The lowest BCUT2D eigenvalue weighted by atomic mass is 10.1. The Morgan fingerprint density at radius 1 is 1.22 bits per heavy atom. The van der Waals surface area contributed by atoms with Crippen molar-refractivity contribution in [1.82, 2.24) is 4.98 Å². The number of nitrogens with one attached hydrogen (secondary N) is 2. The average Bonchev–Trinajstić information content (AvgIpc) is 2.57. The summed E-state index contributed by atoms with van der Waals surface area (Å²) in [4.78, 5) is 24.9. The number of carbonyl (C=O) groups is 1. The number of carboxylic acid groups (broad SMARTS) is 1. The molecule has 18 heavy (non-hydrogen) atoms. The average molecular weight is 250 g/mol. The molecule has 0 unspecified atom stereocenters. The van der Waals surface area contributed by atoms with Crippen LogP contribution >= 0.6 is 0 Å². The highest BCUT2D eigenvalue weighted by Gasteiger charge is 2.13. The van der Waals surface area contributed by atoms with E-state index < -0.39 is 5.97 Å². The van der Waals surface area contributed by atoms with Crippen LogP contribution in [-0.2, 0) is 0 Å². The van der Waals surface area contributed by atoms with Crippen molar-refractivity contribution in [1.29, 1.82) is 0 Å². The molecule has 1 saturated carbocycles. The van der Waals surface area contributed by atoms with E-state index in [0.717, 1.165) is 18.9 Å². The van der Waals surface area contributed by atoms with Crippen LogP contribution in [0.2, 0.25) is 0 Å². The van der Waals surface area contributed by atoms with E-state index in [-0.39, 0.29) is 11.1 Å². The first-order valence-corrected chi connectivity index (χ1v) is 6.39. The zero-order valence-electron chi connectivity index (χ0n) is 10.2. The fourth-order valence-corrected chi connectivity index (χ4v) is 2.39. The molecule has 0 amide bonds. The molecule has 1 aromatic heterocycles. The summed E-state index contributed by atoms with van der Waals surface area (Å²) in [5.41, 5.74) is -0.360. The molecule has 1 fully saturated rings.